The number of quaternary nitrogens is 2. The Bertz CT molecular complexity index is 240. The van der Waals surface area contributed by atoms with Gasteiger partial charge in [0, 0.05) is 0 Å². The summed E-state index contributed by atoms with van der Waals surface area (Å²) >= 11 is 0. The molecule has 0 rings (SSSR count). The average Bonchev–Trinajstić information content (AvgIpc) is 1.20. The van der Waals surface area contributed by atoms with Gasteiger partial charge in [0.05, 0.1) is 0 Å². The van der Waals surface area contributed by atoms with Crippen LogP contribution in [-0.2, 0) is 16.8 Å². The molecule has 0 aromatic carbocycles. The Labute approximate surface area is 67.9 Å². The summed E-state index contributed by atoms with van der Waals surface area (Å²) in [6.45, 7) is 0. The van der Waals surface area contributed by atoms with Crippen molar-refractivity contribution < 1.29 is 13.3 Å². The van der Waals surface area contributed by atoms with Crippen molar-refractivity contribution in [2.24, 2.45) is 0 Å². The Morgan fingerprint density at radius 3 is 1.09 bits per heavy atom. The lowest BCUT2D eigenvalue weighted by molar-refractivity contribution is 0.415. The van der Waals surface area contributed by atoms with Gasteiger partial charge in [0.2, 0.25) is 0 Å². The molecule has 0 heterocycles. The SMILES string of the molecule is CS(C)(C)(C)=S(=O)([O-])[O-].[NH4+].[NH4+]. The van der Waals surface area contributed by atoms with Crippen molar-refractivity contribution in [1.82, 2.24) is 12.3 Å². The summed E-state index contributed by atoms with van der Waals surface area (Å²) in [5.74, 6) is 0. The van der Waals surface area contributed by atoms with E-state index < -0.39 is 16.8 Å². The summed E-state index contributed by atoms with van der Waals surface area (Å²) in [4.78, 5) is 0. The second-order valence-electron chi connectivity index (χ2n) is 3.52. The van der Waals surface area contributed by atoms with Gasteiger partial charge in [-0.25, -0.2) is 7.72 Å². The highest BCUT2D eigenvalue weighted by Crippen LogP contribution is 2.15. The van der Waals surface area contributed by atoms with Crippen molar-refractivity contribution in [3.8, 4) is 0 Å². The van der Waals surface area contributed by atoms with Crippen molar-refractivity contribution in [3.63, 3.8) is 0 Å². The van der Waals surface area contributed by atoms with Crippen molar-refractivity contribution in [1.29, 1.82) is 0 Å². The van der Waals surface area contributed by atoms with Crippen LogP contribution < -0.4 is 12.3 Å². The zero-order valence-electron chi connectivity index (χ0n) is 8.04. The van der Waals surface area contributed by atoms with E-state index in [0.717, 1.165) is 0 Å². The van der Waals surface area contributed by atoms with Crippen molar-refractivity contribution in [2.75, 3.05) is 25.0 Å². The van der Waals surface area contributed by atoms with Gasteiger partial charge < -0.3 is 21.4 Å². The topological polar surface area (TPSA) is 136 Å². The monoisotopic (exact) mass is 208 g/mol. The average molecular weight is 208 g/mol. The highest BCUT2D eigenvalue weighted by Gasteiger charge is 2.06. The van der Waals surface area contributed by atoms with Gasteiger partial charge in [-0.15, -0.1) is 0 Å². The first-order valence-corrected chi connectivity index (χ1v) is 7.90. The van der Waals surface area contributed by atoms with Crippen LogP contribution in [0.2, 0.25) is 0 Å². The molecule has 0 aliphatic heterocycles. The van der Waals surface area contributed by atoms with Gasteiger partial charge >= 0.3 is 0 Å². The molecule has 7 heteroatoms. The van der Waals surface area contributed by atoms with Crippen LogP contribution in [0.4, 0.5) is 0 Å². The number of hydrogen-bond acceptors (Lipinski definition) is 3. The second kappa shape index (κ2) is 3.38. The summed E-state index contributed by atoms with van der Waals surface area (Å²) < 4.78 is 31.4. The Kier molecular flexibility index (Phi) is 5.35. The minimum Gasteiger partial charge on any atom is -0.785 e. The lowest BCUT2D eigenvalue weighted by Gasteiger charge is -2.46. The van der Waals surface area contributed by atoms with Gasteiger partial charge in [-0.3, -0.25) is 4.21 Å². The maximum atomic E-state index is 10.5. The van der Waals surface area contributed by atoms with E-state index in [4.69, 9.17) is 0 Å². The van der Waals surface area contributed by atoms with Crippen molar-refractivity contribution >= 4 is 16.8 Å². The first-order chi connectivity index (χ1) is 3.51. The molecule has 0 atom stereocenters. The van der Waals surface area contributed by atoms with Gasteiger partial charge in [0.1, 0.15) is 0 Å². The molecule has 0 radical (unpaired) electrons. The van der Waals surface area contributed by atoms with Crippen molar-refractivity contribution in [3.05, 3.63) is 0 Å². The number of hydrogen-bond donors (Lipinski definition) is 2. The quantitative estimate of drug-likeness (QED) is 0.596. The first-order valence-electron chi connectivity index (χ1n) is 2.30. The smallest absolute Gasteiger partial charge is 0.0338 e. The fourth-order valence-electron chi connectivity index (χ4n) is 0. The molecule has 8 N–H and O–H groups in total. The molecule has 0 saturated carbocycles. The van der Waals surface area contributed by atoms with E-state index in [9.17, 15) is 13.3 Å². The van der Waals surface area contributed by atoms with Crippen LogP contribution in [0, 0.1) is 0 Å². The van der Waals surface area contributed by atoms with Crippen LogP contribution in [0.25, 0.3) is 0 Å². The van der Waals surface area contributed by atoms with E-state index >= 15 is 0 Å². The fourth-order valence-corrected chi connectivity index (χ4v) is 0. The van der Waals surface area contributed by atoms with E-state index in [0.29, 0.717) is 0 Å². The highest BCUT2D eigenvalue weighted by molar-refractivity contribution is 8.60. The van der Waals surface area contributed by atoms with Crippen LogP contribution in [-0.4, -0.2) is 38.3 Å². The van der Waals surface area contributed by atoms with E-state index in [2.05, 4.69) is 0 Å². The summed E-state index contributed by atoms with van der Waals surface area (Å²) in [5.41, 5.74) is 0. The van der Waals surface area contributed by atoms with Gasteiger partial charge in [-0.05, 0) is 25.0 Å². The van der Waals surface area contributed by atoms with E-state index in [1.807, 2.05) is 0 Å². The van der Waals surface area contributed by atoms with Crippen LogP contribution in [0.15, 0.2) is 0 Å². The zero-order valence-corrected chi connectivity index (χ0v) is 9.67. The Morgan fingerprint density at radius 1 is 1.00 bits per heavy atom. The standard InChI is InChI=1S/C4H14O3S2.2H3N/c1-9(2,3,4)8(5,6)7;;/h1-4H3,(H2,5,6,7);2*1H3. The van der Waals surface area contributed by atoms with Crippen LogP contribution in [0.3, 0.4) is 0 Å². The molecule has 0 fully saturated rings. The minimum absolute atomic E-state index is 0. The van der Waals surface area contributed by atoms with Crippen molar-refractivity contribution in [2.45, 2.75) is 0 Å². The van der Waals surface area contributed by atoms with E-state index in [1.54, 1.807) is 0 Å². The van der Waals surface area contributed by atoms with Crippen LogP contribution >= 0.6 is 0 Å². The molecule has 0 spiro atoms. The Morgan fingerprint density at radius 2 is 1.09 bits per heavy atom. The molecule has 0 aliphatic rings. The van der Waals surface area contributed by atoms with Gasteiger partial charge in [-0.2, -0.15) is 9.05 Å². The molecule has 11 heavy (non-hydrogen) atoms. The predicted octanol–water partition coefficient (Wildman–Crippen LogP) is 0.408. The van der Waals surface area contributed by atoms with Gasteiger partial charge in [0.25, 0.3) is 0 Å². The third-order valence-corrected chi connectivity index (χ3v) is 7.35. The predicted molar refractivity (Wildman–Crippen MR) is 52.7 cm³/mol. The maximum Gasteiger partial charge on any atom is -0.0338 e. The first kappa shape index (κ1) is 17.4. The largest absolute Gasteiger partial charge is 0.785 e. The summed E-state index contributed by atoms with van der Waals surface area (Å²) in [6.07, 6.45) is 6.00. The molecule has 0 bridgehead atoms. The Balaban J connectivity index is -0.000000320. The molecule has 0 saturated heterocycles. The minimum atomic E-state index is -4.08. The van der Waals surface area contributed by atoms with E-state index in [1.165, 1.54) is 25.0 Å². The highest BCUT2D eigenvalue weighted by atomic mass is 32.9. The molecule has 5 nitrogen and oxygen atoms in total. The van der Waals surface area contributed by atoms with Crippen LogP contribution in [0.1, 0.15) is 0 Å². The molecule has 0 amide bonds. The fraction of sp³-hybridized carbons (Fsp3) is 1.00. The molecule has 0 aromatic rings. The lowest BCUT2D eigenvalue weighted by Crippen LogP contribution is -2.34. The molecule has 76 valence electrons. The summed E-state index contributed by atoms with van der Waals surface area (Å²) in [6, 6.07) is 0. The Hall–Kier alpha value is 0.340. The molecule has 0 aromatic heterocycles. The van der Waals surface area contributed by atoms with Gasteiger partial charge in [0.15, 0.2) is 0 Å². The normalized spacial score (nSPS) is 15.3. The molecule has 0 unspecified atom stereocenters. The summed E-state index contributed by atoms with van der Waals surface area (Å²) in [5, 5.41) is 0. The zero-order chi connectivity index (χ0) is 7.95. The number of rotatable bonds is 0. The molecule has 0 aliphatic carbocycles. The van der Waals surface area contributed by atoms with E-state index in [-0.39, 0.29) is 12.3 Å². The van der Waals surface area contributed by atoms with Crippen LogP contribution in [0.5, 0.6) is 0 Å². The second-order valence-corrected chi connectivity index (χ2v) is 15.8. The van der Waals surface area contributed by atoms with Gasteiger partial charge in [-0.1, -0.05) is 0 Å². The molecular weight excluding hydrogens is 188 g/mol. The third kappa shape index (κ3) is 4.72. The lowest BCUT2D eigenvalue weighted by atomic mass is 11.8. The summed E-state index contributed by atoms with van der Waals surface area (Å²) in [7, 11) is -6.75. The maximum absolute atomic E-state index is 10.5. The molecular formula is C4H20N2O3S2. The third-order valence-electron chi connectivity index (χ3n) is 0.816.